The quantitative estimate of drug-likeness (QED) is 0.181. The van der Waals surface area contributed by atoms with Crippen molar-refractivity contribution >= 4 is 68.6 Å². The van der Waals surface area contributed by atoms with Crippen LogP contribution in [0.2, 0.25) is 0 Å². The van der Waals surface area contributed by atoms with Gasteiger partial charge in [-0.3, -0.25) is 0 Å². The van der Waals surface area contributed by atoms with E-state index in [0.29, 0.717) is 0 Å². The second kappa shape index (κ2) is 11.8. The van der Waals surface area contributed by atoms with Crippen LogP contribution in [0.5, 0.6) is 0 Å². The van der Waals surface area contributed by atoms with Gasteiger partial charge in [-0.05, 0) is 116 Å². The predicted octanol–water partition coefficient (Wildman–Crippen LogP) is 13.7. The van der Waals surface area contributed by atoms with E-state index in [4.69, 9.17) is 4.42 Å². The molecule has 1 aromatic heterocycles. The Balaban J connectivity index is 1.18. The van der Waals surface area contributed by atoms with Gasteiger partial charge in [0.2, 0.25) is 0 Å². The monoisotopic (exact) mass is 777 g/mol. The van der Waals surface area contributed by atoms with Gasteiger partial charge in [0.05, 0.1) is 5.69 Å². The lowest BCUT2D eigenvalue weighted by Gasteiger charge is -2.46. The van der Waals surface area contributed by atoms with Crippen LogP contribution in [0.15, 0.2) is 132 Å². The minimum absolute atomic E-state index is 0.0890. The second-order valence-electron chi connectivity index (χ2n) is 20.3. The molecule has 0 saturated heterocycles. The second-order valence-corrected chi connectivity index (χ2v) is 20.3. The highest BCUT2D eigenvalue weighted by Gasteiger charge is 2.43. The van der Waals surface area contributed by atoms with E-state index in [1.165, 1.54) is 85.3 Å². The fourth-order valence-corrected chi connectivity index (χ4v) is 11.6. The number of benzene rings is 7. The summed E-state index contributed by atoms with van der Waals surface area (Å²) < 4.78 is 7.10. The van der Waals surface area contributed by atoms with Crippen LogP contribution in [0, 0.1) is 0 Å². The first kappa shape index (κ1) is 35.9. The number of furan rings is 1. The van der Waals surface area contributed by atoms with Crippen molar-refractivity contribution in [2.24, 2.45) is 0 Å². The maximum Gasteiger partial charge on any atom is 0.198 e. The number of rotatable bonds is 3. The van der Waals surface area contributed by atoms with E-state index in [0.717, 1.165) is 44.4 Å². The zero-order valence-electron chi connectivity index (χ0n) is 36.0. The average Bonchev–Trinajstić information content (AvgIpc) is 3.71. The van der Waals surface area contributed by atoms with Crippen molar-refractivity contribution in [3.8, 4) is 22.3 Å². The molecule has 60 heavy (non-hydrogen) atoms. The van der Waals surface area contributed by atoms with E-state index in [-0.39, 0.29) is 21.7 Å². The van der Waals surface area contributed by atoms with Crippen molar-refractivity contribution in [3.63, 3.8) is 0 Å². The highest BCUT2D eigenvalue weighted by molar-refractivity contribution is 6.74. The molecule has 1 N–H and O–H groups in total. The van der Waals surface area contributed by atoms with E-state index in [9.17, 15) is 0 Å². The molecule has 12 rings (SSSR count). The fraction of sp³-hybridized carbons (Fsp3) is 0.250. The van der Waals surface area contributed by atoms with Gasteiger partial charge in [0.15, 0.2) is 7.28 Å². The van der Waals surface area contributed by atoms with E-state index in [1.54, 1.807) is 0 Å². The van der Waals surface area contributed by atoms with Gasteiger partial charge in [-0.15, -0.1) is 0 Å². The zero-order chi connectivity index (χ0) is 41.1. The van der Waals surface area contributed by atoms with Crippen molar-refractivity contribution < 1.29 is 4.42 Å². The van der Waals surface area contributed by atoms with Crippen LogP contribution in [0.3, 0.4) is 0 Å². The molecule has 0 unspecified atom stereocenters. The molecule has 0 spiro atoms. The third kappa shape index (κ3) is 4.74. The topological polar surface area (TPSA) is 28.4 Å². The Bertz CT molecular complexity index is 3180. The Morgan fingerprint density at radius 3 is 2.07 bits per heavy atom. The summed E-state index contributed by atoms with van der Waals surface area (Å²) in [6, 6.07) is 47.9. The lowest BCUT2D eigenvalue weighted by molar-refractivity contribution is 0.332. The largest absolute Gasteiger partial charge is 0.455 e. The Kier molecular flexibility index (Phi) is 7.09. The molecule has 293 valence electrons. The number of para-hydroxylation sites is 3. The number of hydrogen-bond donors (Lipinski definition) is 1. The van der Waals surface area contributed by atoms with Gasteiger partial charge in [0, 0.05) is 55.5 Å². The van der Waals surface area contributed by atoms with Crippen LogP contribution in [0.25, 0.3) is 44.2 Å². The minimum Gasteiger partial charge on any atom is -0.455 e. The summed E-state index contributed by atoms with van der Waals surface area (Å²) in [5, 5.41) is 6.36. The molecule has 2 aliphatic heterocycles. The average molecular weight is 778 g/mol. The number of fused-ring (bicyclic) bond motifs is 11. The van der Waals surface area contributed by atoms with Crippen molar-refractivity contribution in [1.82, 2.24) is 0 Å². The SMILES string of the molecule is CC1(C)CCC(C)(C)c2cc(Nc3cc4c(cc3-c3c5c(cc6c3oc3ccccc36)N3c6ccccc6C(C)(C)c6cccc(c63)[B]5)C(C)(C)c3ccccc3-4)ccc21. The van der Waals surface area contributed by atoms with Gasteiger partial charge >= 0.3 is 0 Å². The molecule has 4 aliphatic rings. The Morgan fingerprint density at radius 2 is 1.23 bits per heavy atom. The lowest BCUT2D eigenvalue weighted by atomic mass is 9.55. The van der Waals surface area contributed by atoms with Gasteiger partial charge in [0.25, 0.3) is 0 Å². The molecule has 3 heterocycles. The molecule has 7 aromatic carbocycles. The van der Waals surface area contributed by atoms with Crippen molar-refractivity contribution in [3.05, 3.63) is 161 Å². The van der Waals surface area contributed by atoms with Crippen LogP contribution >= 0.6 is 0 Å². The molecular weight excluding hydrogens is 727 g/mol. The summed E-state index contributed by atoms with van der Waals surface area (Å²) in [5.41, 5.74) is 23.1. The number of anilines is 5. The highest BCUT2D eigenvalue weighted by atomic mass is 16.3. The van der Waals surface area contributed by atoms with E-state index < -0.39 is 0 Å². The van der Waals surface area contributed by atoms with Crippen molar-refractivity contribution in [2.75, 3.05) is 10.2 Å². The van der Waals surface area contributed by atoms with Crippen molar-refractivity contribution in [2.45, 2.75) is 89.9 Å². The predicted molar refractivity (Wildman–Crippen MR) is 254 cm³/mol. The molecule has 0 saturated carbocycles. The molecule has 4 heteroatoms. The standard InChI is InChI=1S/C56H50BN2O/c1-53(2)26-27-54(3,4)43-28-32(24-25-39(43)53)58-45-30-35-33-16-9-11-18-38(33)55(5,6)42(35)29-37(45)49-50-47(31-36-34-17-10-14-23-48(34)60-52(36)49)59-46-22-13-12-19-40(46)56(7,8)41-20-15-21-44(57-50)51(41)59/h9-25,28-31,58H,26-27H2,1-8H3. The van der Waals surface area contributed by atoms with Crippen molar-refractivity contribution in [1.29, 1.82) is 0 Å². The third-order valence-electron chi connectivity index (χ3n) is 15.1. The van der Waals surface area contributed by atoms with Crippen LogP contribution in [0.1, 0.15) is 102 Å². The van der Waals surface area contributed by atoms with Crippen LogP contribution in [0.4, 0.5) is 28.4 Å². The summed E-state index contributed by atoms with van der Waals surface area (Å²) in [4.78, 5) is 2.55. The minimum atomic E-state index is -0.189. The smallest absolute Gasteiger partial charge is 0.198 e. The molecule has 2 aliphatic carbocycles. The zero-order valence-corrected chi connectivity index (χ0v) is 36.0. The number of nitrogens with zero attached hydrogens (tertiary/aromatic N) is 1. The molecule has 0 amide bonds. The Hall–Kier alpha value is -6.00. The van der Waals surface area contributed by atoms with Crippen LogP contribution in [-0.2, 0) is 21.7 Å². The molecule has 0 fully saturated rings. The molecule has 0 atom stereocenters. The summed E-state index contributed by atoms with van der Waals surface area (Å²) in [6.07, 6.45) is 2.36. The Labute approximate surface area is 354 Å². The molecule has 3 nitrogen and oxygen atoms in total. The molecular formula is C56H50BN2O. The normalized spacial score (nSPS) is 17.8. The summed E-state index contributed by atoms with van der Waals surface area (Å²) in [5.74, 6) is 0. The molecule has 1 radical (unpaired) electrons. The fourth-order valence-electron chi connectivity index (χ4n) is 11.6. The van der Waals surface area contributed by atoms with Gasteiger partial charge < -0.3 is 14.6 Å². The summed E-state index contributed by atoms with van der Waals surface area (Å²) in [6.45, 7) is 19.2. The van der Waals surface area contributed by atoms with E-state index in [2.05, 4.69) is 200 Å². The lowest BCUT2D eigenvalue weighted by Crippen LogP contribution is -2.45. The van der Waals surface area contributed by atoms with Gasteiger partial charge in [-0.1, -0.05) is 146 Å². The van der Waals surface area contributed by atoms with E-state index in [1.807, 2.05) is 0 Å². The first-order valence-electron chi connectivity index (χ1n) is 21.8. The van der Waals surface area contributed by atoms with E-state index >= 15 is 0 Å². The summed E-state index contributed by atoms with van der Waals surface area (Å²) in [7, 11) is 2.44. The van der Waals surface area contributed by atoms with Gasteiger partial charge in [-0.25, -0.2) is 0 Å². The Morgan fingerprint density at radius 1 is 0.533 bits per heavy atom. The molecule has 8 aromatic rings. The maximum absolute atomic E-state index is 7.10. The first-order chi connectivity index (χ1) is 28.7. The van der Waals surface area contributed by atoms with Crippen LogP contribution < -0.4 is 21.1 Å². The van der Waals surface area contributed by atoms with Gasteiger partial charge in [0.1, 0.15) is 11.2 Å². The molecule has 0 bridgehead atoms. The third-order valence-corrected chi connectivity index (χ3v) is 15.1. The highest BCUT2D eigenvalue weighted by Crippen LogP contribution is 2.56. The van der Waals surface area contributed by atoms with Crippen LogP contribution in [-0.4, -0.2) is 7.28 Å². The summed E-state index contributed by atoms with van der Waals surface area (Å²) >= 11 is 0. The number of hydrogen-bond acceptors (Lipinski definition) is 3. The first-order valence-corrected chi connectivity index (χ1v) is 21.8. The van der Waals surface area contributed by atoms with Gasteiger partial charge in [-0.2, -0.15) is 0 Å². The number of nitrogens with one attached hydrogen (secondary N) is 1. The maximum atomic E-state index is 7.10.